The Labute approximate surface area is 136 Å². The van der Waals surface area contributed by atoms with E-state index in [0.717, 1.165) is 18.4 Å². The number of thioether (sulfide) groups is 1. The summed E-state index contributed by atoms with van der Waals surface area (Å²) in [5.74, 6) is 0.286. The molecule has 2 N–H and O–H groups in total. The number of halogens is 1. The average Bonchev–Trinajstić information content (AvgIpc) is 3.26. The fraction of sp³-hybridized carbons (Fsp3) is 0.429. The van der Waals surface area contributed by atoms with Crippen LogP contribution in [-0.4, -0.2) is 32.2 Å². The normalized spacial score (nSPS) is 17.0. The fourth-order valence-corrected chi connectivity index (χ4v) is 3.09. The molecule has 6 nitrogen and oxygen atoms in total. The second-order valence-electron chi connectivity index (χ2n) is 5.49. The zero-order valence-corrected chi connectivity index (χ0v) is 13.5. The van der Waals surface area contributed by atoms with Crippen molar-refractivity contribution in [2.24, 2.45) is 5.92 Å². The second kappa shape index (κ2) is 5.78. The molecule has 1 saturated carbocycles. The maximum atomic E-state index is 12.0. The Morgan fingerprint density at radius 1 is 1.68 bits per heavy atom. The summed E-state index contributed by atoms with van der Waals surface area (Å²) in [7, 11) is 0. The standard InChI is InChI=1S/C14H14ClN5OS/c1-14(7-16,8-2-3-8)20-11(21)6-22-13-18-10-4-9(15)5-17-12(10)19-13/h4-5,8H,2-3,6H2,1H3,(H,20,21)(H,17,18,19)/t14-/m0/s1. The molecule has 2 heterocycles. The highest BCUT2D eigenvalue weighted by molar-refractivity contribution is 7.99. The van der Waals surface area contributed by atoms with Gasteiger partial charge in [0.05, 0.1) is 22.4 Å². The molecule has 0 spiro atoms. The minimum atomic E-state index is -0.763. The molecule has 3 rings (SSSR count). The number of amides is 1. The molecule has 0 aliphatic heterocycles. The van der Waals surface area contributed by atoms with Crippen molar-refractivity contribution >= 4 is 40.4 Å². The first-order valence-electron chi connectivity index (χ1n) is 6.86. The summed E-state index contributed by atoms with van der Waals surface area (Å²) in [5, 5.41) is 13.2. The van der Waals surface area contributed by atoms with Gasteiger partial charge < -0.3 is 10.3 Å². The zero-order valence-electron chi connectivity index (χ0n) is 11.9. The number of carbonyl (C=O) groups is 1. The minimum absolute atomic E-state index is 0.174. The van der Waals surface area contributed by atoms with Gasteiger partial charge in [-0.05, 0) is 31.7 Å². The number of H-pyrrole nitrogens is 1. The van der Waals surface area contributed by atoms with Gasteiger partial charge in [-0.2, -0.15) is 5.26 Å². The molecule has 8 heteroatoms. The molecule has 1 aliphatic rings. The van der Waals surface area contributed by atoms with Crippen LogP contribution in [0.5, 0.6) is 0 Å². The van der Waals surface area contributed by atoms with Crippen LogP contribution in [0.15, 0.2) is 17.4 Å². The van der Waals surface area contributed by atoms with Gasteiger partial charge in [-0.25, -0.2) is 9.97 Å². The van der Waals surface area contributed by atoms with Crippen LogP contribution in [0.1, 0.15) is 19.8 Å². The van der Waals surface area contributed by atoms with Gasteiger partial charge in [0.2, 0.25) is 5.91 Å². The number of rotatable bonds is 5. The number of fused-ring (bicyclic) bond motifs is 1. The molecule has 0 aromatic carbocycles. The quantitative estimate of drug-likeness (QED) is 0.819. The zero-order chi connectivity index (χ0) is 15.7. The molecule has 1 atom stereocenters. The lowest BCUT2D eigenvalue weighted by Gasteiger charge is -2.22. The van der Waals surface area contributed by atoms with Crippen molar-refractivity contribution in [3.05, 3.63) is 17.3 Å². The summed E-state index contributed by atoms with van der Waals surface area (Å²) in [4.78, 5) is 23.5. The molecule has 0 bridgehead atoms. The Morgan fingerprint density at radius 3 is 3.14 bits per heavy atom. The maximum absolute atomic E-state index is 12.0. The SMILES string of the molecule is C[C@@](C#N)(NC(=O)CSc1nc2ncc(Cl)cc2[nH]1)C1CC1. The number of imidazole rings is 1. The lowest BCUT2D eigenvalue weighted by Crippen LogP contribution is -2.47. The van der Waals surface area contributed by atoms with Crippen molar-refractivity contribution in [1.82, 2.24) is 20.3 Å². The number of pyridine rings is 1. The average molecular weight is 336 g/mol. The minimum Gasteiger partial charge on any atom is -0.337 e. The molecule has 22 heavy (non-hydrogen) atoms. The number of nitriles is 1. The van der Waals surface area contributed by atoms with E-state index in [-0.39, 0.29) is 17.6 Å². The molecule has 1 aliphatic carbocycles. The topological polar surface area (TPSA) is 94.5 Å². The Hall–Kier alpha value is -1.78. The number of nitrogens with one attached hydrogen (secondary N) is 2. The first-order chi connectivity index (χ1) is 10.5. The summed E-state index contributed by atoms with van der Waals surface area (Å²) >= 11 is 7.14. The summed E-state index contributed by atoms with van der Waals surface area (Å²) in [6, 6.07) is 3.94. The number of hydrogen-bond donors (Lipinski definition) is 2. The number of nitrogens with zero attached hydrogens (tertiary/aromatic N) is 3. The highest BCUT2D eigenvalue weighted by Crippen LogP contribution is 2.39. The van der Waals surface area contributed by atoms with E-state index in [1.54, 1.807) is 13.0 Å². The molecule has 2 aromatic rings. The van der Waals surface area contributed by atoms with E-state index >= 15 is 0 Å². The van der Waals surface area contributed by atoms with Crippen molar-refractivity contribution in [2.45, 2.75) is 30.5 Å². The highest BCUT2D eigenvalue weighted by Gasteiger charge is 2.42. The van der Waals surface area contributed by atoms with E-state index < -0.39 is 5.54 Å². The molecular weight excluding hydrogens is 322 g/mol. The summed E-state index contributed by atoms with van der Waals surface area (Å²) in [6.45, 7) is 1.78. The Bertz CT molecular complexity index is 766. The van der Waals surface area contributed by atoms with Crippen LogP contribution in [0.2, 0.25) is 5.02 Å². The van der Waals surface area contributed by atoms with Crippen molar-refractivity contribution in [1.29, 1.82) is 5.26 Å². The van der Waals surface area contributed by atoms with Crippen LogP contribution in [0.3, 0.4) is 0 Å². The number of carbonyl (C=O) groups excluding carboxylic acids is 1. The van der Waals surface area contributed by atoms with Gasteiger partial charge in [0.1, 0.15) is 5.54 Å². The molecule has 2 aromatic heterocycles. The van der Waals surface area contributed by atoms with Gasteiger partial charge in [-0.1, -0.05) is 23.4 Å². The smallest absolute Gasteiger partial charge is 0.231 e. The van der Waals surface area contributed by atoms with Crippen molar-refractivity contribution in [3.8, 4) is 6.07 Å². The molecule has 1 amide bonds. The molecule has 0 unspecified atom stereocenters. The Morgan fingerprint density at radius 2 is 2.45 bits per heavy atom. The van der Waals surface area contributed by atoms with Gasteiger partial charge in [0, 0.05) is 6.20 Å². The lowest BCUT2D eigenvalue weighted by molar-refractivity contribution is -0.119. The monoisotopic (exact) mass is 335 g/mol. The predicted molar refractivity (Wildman–Crippen MR) is 84.5 cm³/mol. The van der Waals surface area contributed by atoms with E-state index in [2.05, 4.69) is 26.3 Å². The first-order valence-corrected chi connectivity index (χ1v) is 8.23. The van der Waals surface area contributed by atoms with E-state index in [1.807, 2.05) is 0 Å². The lowest BCUT2D eigenvalue weighted by atomic mass is 9.98. The van der Waals surface area contributed by atoms with Crippen LogP contribution >= 0.6 is 23.4 Å². The maximum Gasteiger partial charge on any atom is 0.231 e. The molecule has 0 saturated heterocycles. The third-order valence-electron chi connectivity index (χ3n) is 3.65. The van der Waals surface area contributed by atoms with Crippen LogP contribution < -0.4 is 5.32 Å². The number of aromatic amines is 1. The second-order valence-corrected chi connectivity index (χ2v) is 6.89. The molecule has 0 radical (unpaired) electrons. The largest absolute Gasteiger partial charge is 0.337 e. The van der Waals surface area contributed by atoms with Crippen LogP contribution in [0.25, 0.3) is 11.2 Å². The van der Waals surface area contributed by atoms with Crippen LogP contribution in [0.4, 0.5) is 0 Å². The Balaban J connectivity index is 1.61. The molecule has 1 fully saturated rings. The molecule has 114 valence electrons. The number of aromatic nitrogens is 3. The summed E-state index contributed by atoms with van der Waals surface area (Å²) < 4.78 is 0. The molecular formula is C14H14ClN5OS. The van der Waals surface area contributed by atoms with Crippen molar-refractivity contribution in [2.75, 3.05) is 5.75 Å². The Kier molecular flexibility index (Phi) is 3.98. The van der Waals surface area contributed by atoms with E-state index in [1.165, 1.54) is 18.0 Å². The fourth-order valence-electron chi connectivity index (χ4n) is 2.26. The van der Waals surface area contributed by atoms with E-state index in [4.69, 9.17) is 11.6 Å². The third-order valence-corrected chi connectivity index (χ3v) is 4.73. The van der Waals surface area contributed by atoms with Gasteiger partial charge >= 0.3 is 0 Å². The van der Waals surface area contributed by atoms with Gasteiger partial charge in [0.25, 0.3) is 0 Å². The summed E-state index contributed by atoms with van der Waals surface area (Å²) in [5.41, 5.74) is 0.531. The van der Waals surface area contributed by atoms with Gasteiger partial charge in [-0.3, -0.25) is 4.79 Å². The van der Waals surface area contributed by atoms with Gasteiger partial charge in [-0.15, -0.1) is 0 Å². The summed E-state index contributed by atoms with van der Waals surface area (Å²) in [6.07, 6.45) is 3.51. The van der Waals surface area contributed by atoms with Gasteiger partial charge in [0.15, 0.2) is 10.8 Å². The first kappa shape index (κ1) is 15.1. The van der Waals surface area contributed by atoms with Crippen molar-refractivity contribution in [3.63, 3.8) is 0 Å². The third kappa shape index (κ3) is 3.18. The highest BCUT2D eigenvalue weighted by atomic mass is 35.5. The van der Waals surface area contributed by atoms with Crippen molar-refractivity contribution < 1.29 is 4.79 Å². The predicted octanol–water partition coefficient (Wildman–Crippen LogP) is 2.51. The van der Waals surface area contributed by atoms with E-state index in [9.17, 15) is 10.1 Å². The van der Waals surface area contributed by atoms with Crippen LogP contribution in [0, 0.1) is 17.2 Å². The number of hydrogen-bond acceptors (Lipinski definition) is 5. The van der Waals surface area contributed by atoms with E-state index in [0.29, 0.717) is 15.8 Å². The van der Waals surface area contributed by atoms with Crippen LogP contribution in [-0.2, 0) is 4.79 Å².